The molecule has 0 aromatic heterocycles. The van der Waals surface area contributed by atoms with Gasteiger partial charge in [-0.05, 0) is 23.8 Å². The maximum absolute atomic E-state index is 13.3. The fraction of sp³-hybridized carbons (Fsp3) is 0.200. The molecule has 19 heavy (non-hydrogen) atoms. The lowest BCUT2D eigenvalue weighted by Crippen LogP contribution is -1.99. The summed E-state index contributed by atoms with van der Waals surface area (Å²) in [6.45, 7) is 0.0567. The third kappa shape index (κ3) is 3.45. The van der Waals surface area contributed by atoms with Gasteiger partial charge >= 0.3 is 0 Å². The zero-order chi connectivity index (χ0) is 13.7. The van der Waals surface area contributed by atoms with Gasteiger partial charge in [0.05, 0.1) is 13.7 Å². The molecule has 0 spiro atoms. The number of hydrogen-bond acceptors (Lipinski definition) is 3. The molecule has 0 radical (unpaired) electrons. The molecule has 0 fully saturated rings. The third-order valence-electron chi connectivity index (χ3n) is 2.70. The van der Waals surface area contributed by atoms with Crippen LogP contribution in [0.1, 0.15) is 11.1 Å². The van der Waals surface area contributed by atoms with Gasteiger partial charge in [0, 0.05) is 11.6 Å². The molecule has 0 saturated heterocycles. The number of ether oxygens (including phenoxy) is 2. The maximum atomic E-state index is 13.3. The summed E-state index contributed by atoms with van der Waals surface area (Å²) in [5.41, 5.74) is 1.36. The molecule has 0 atom stereocenters. The van der Waals surface area contributed by atoms with Gasteiger partial charge in [-0.1, -0.05) is 18.2 Å². The first kappa shape index (κ1) is 13.4. The first-order chi connectivity index (χ1) is 9.22. The van der Waals surface area contributed by atoms with Crippen LogP contribution >= 0.6 is 0 Å². The summed E-state index contributed by atoms with van der Waals surface area (Å²) < 4.78 is 24.0. The topological polar surface area (TPSA) is 38.7 Å². The van der Waals surface area contributed by atoms with Gasteiger partial charge in [-0.15, -0.1) is 0 Å². The number of benzene rings is 2. The van der Waals surface area contributed by atoms with E-state index in [0.717, 1.165) is 11.3 Å². The predicted octanol–water partition coefficient (Wildman–Crippen LogP) is 2.91. The van der Waals surface area contributed by atoms with Crippen molar-refractivity contribution >= 4 is 0 Å². The van der Waals surface area contributed by atoms with Crippen LogP contribution in [0.5, 0.6) is 11.5 Å². The van der Waals surface area contributed by atoms with Crippen LogP contribution in [0.3, 0.4) is 0 Å². The van der Waals surface area contributed by atoms with Gasteiger partial charge in [-0.25, -0.2) is 4.39 Å². The summed E-state index contributed by atoms with van der Waals surface area (Å²) in [5, 5.41) is 9.01. The highest BCUT2D eigenvalue weighted by Gasteiger charge is 2.05. The minimum absolute atomic E-state index is 0.219. The maximum Gasteiger partial charge on any atom is 0.127 e. The van der Waals surface area contributed by atoms with Crippen LogP contribution in [0.15, 0.2) is 42.5 Å². The Kier molecular flexibility index (Phi) is 4.36. The molecule has 3 nitrogen and oxygen atoms in total. The minimum Gasteiger partial charge on any atom is -0.496 e. The first-order valence-electron chi connectivity index (χ1n) is 5.88. The van der Waals surface area contributed by atoms with Crippen molar-refractivity contribution in [2.24, 2.45) is 0 Å². The van der Waals surface area contributed by atoms with Crippen molar-refractivity contribution < 1.29 is 19.0 Å². The van der Waals surface area contributed by atoms with E-state index in [4.69, 9.17) is 14.6 Å². The Morgan fingerprint density at radius 3 is 2.68 bits per heavy atom. The molecule has 1 N–H and O–H groups in total. The smallest absolute Gasteiger partial charge is 0.127 e. The molecular weight excluding hydrogens is 247 g/mol. The zero-order valence-electron chi connectivity index (χ0n) is 10.6. The number of aliphatic hydroxyl groups excluding tert-OH is 1. The normalized spacial score (nSPS) is 10.3. The van der Waals surface area contributed by atoms with Gasteiger partial charge in [0.25, 0.3) is 0 Å². The molecule has 0 heterocycles. The number of methoxy groups -OCH3 is 1. The number of rotatable bonds is 5. The standard InChI is InChI=1S/C15H15FO3/c1-18-15-5-3-2-4-12(15)10-19-14-7-11(9-17)6-13(16)8-14/h2-8,17H,9-10H2,1H3. The molecule has 0 bridgehead atoms. The van der Waals surface area contributed by atoms with E-state index in [1.165, 1.54) is 12.1 Å². The Morgan fingerprint density at radius 2 is 1.95 bits per heavy atom. The highest BCUT2D eigenvalue weighted by atomic mass is 19.1. The van der Waals surface area contributed by atoms with Crippen LogP contribution in [0.2, 0.25) is 0 Å². The molecule has 0 aliphatic heterocycles. The van der Waals surface area contributed by atoms with Crippen molar-refractivity contribution in [1.29, 1.82) is 0 Å². The Bertz CT molecular complexity index is 555. The lowest BCUT2D eigenvalue weighted by atomic mass is 10.2. The van der Waals surface area contributed by atoms with Crippen molar-refractivity contribution in [2.45, 2.75) is 13.2 Å². The summed E-state index contributed by atoms with van der Waals surface area (Å²) >= 11 is 0. The van der Waals surface area contributed by atoms with Crippen LogP contribution in [0.25, 0.3) is 0 Å². The molecule has 2 rings (SSSR count). The first-order valence-corrected chi connectivity index (χ1v) is 5.88. The minimum atomic E-state index is -0.429. The quantitative estimate of drug-likeness (QED) is 0.900. The second kappa shape index (κ2) is 6.20. The average Bonchev–Trinajstić information content (AvgIpc) is 2.44. The number of aliphatic hydroxyl groups is 1. The predicted molar refractivity (Wildman–Crippen MR) is 69.6 cm³/mol. The van der Waals surface area contributed by atoms with Crippen LogP contribution in [-0.4, -0.2) is 12.2 Å². The van der Waals surface area contributed by atoms with E-state index in [2.05, 4.69) is 0 Å². The van der Waals surface area contributed by atoms with E-state index < -0.39 is 5.82 Å². The molecular formula is C15H15FO3. The zero-order valence-corrected chi connectivity index (χ0v) is 10.6. The second-order valence-corrected chi connectivity index (χ2v) is 4.05. The highest BCUT2D eigenvalue weighted by molar-refractivity contribution is 5.34. The van der Waals surface area contributed by atoms with E-state index >= 15 is 0 Å². The summed E-state index contributed by atoms with van der Waals surface area (Å²) in [5.74, 6) is 0.679. The largest absolute Gasteiger partial charge is 0.496 e. The van der Waals surface area contributed by atoms with Gasteiger partial charge < -0.3 is 14.6 Å². The second-order valence-electron chi connectivity index (χ2n) is 4.05. The van der Waals surface area contributed by atoms with E-state index in [1.54, 1.807) is 13.2 Å². The Labute approximate surface area is 111 Å². The van der Waals surface area contributed by atoms with Crippen LogP contribution < -0.4 is 9.47 Å². The SMILES string of the molecule is COc1ccccc1COc1cc(F)cc(CO)c1. The molecule has 0 aliphatic carbocycles. The average molecular weight is 262 g/mol. The highest BCUT2D eigenvalue weighted by Crippen LogP contribution is 2.21. The van der Waals surface area contributed by atoms with Gasteiger partial charge in [0.1, 0.15) is 23.9 Å². The van der Waals surface area contributed by atoms with E-state index in [0.29, 0.717) is 11.3 Å². The van der Waals surface area contributed by atoms with E-state index in [1.807, 2.05) is 24.3 Å². The summed E-state index contributed by atoms with van der Waals surface area (Å²) in [4.78, 5) is 0. The lowest BCUT2D eigenvalue weighted by molar-refractivity contribution is 0.275. The van der Waals surface area contributed by atoms with Crippen molar-refractivity contribution in [3.63, 3.8) is 0 Å². The molecule has 0 amide bonds. The van der Waals surface area contributed by atoms with E-state index in [9.17, 15) is 4.39 Å². The van der Waals surface area contributed by atoms with Crippen LogP contribution in [-0.2, 0) is 13.2 Å². The van der Waals surface area contributed by atoms with Crippen molar-refractivity contribution in [3.05, 3.63) is 59.4 Å². The van der Waals surface area contributed by atoms with Gasteiger partial charge in [0.15, 0.2) is 0 Å². The molecule has 0 unspecified atom stereocenters. The number of para-hydroxylation sites is 1. The van der Waals surface area contributed by atoms with E-state index in [-0.39, 0.29) is 13.2 Å². The lowest BCUT2D eigenvalue weighted by Gasteiger charge is -2.10. The van der Waals surface area contributed by atoms with Crippen molar-refractivity contribution in [1.82, 2.24) is 0 Å². The van der Waals surface area contributed by atoms with Crippen LogP contribution in [0.4, 0.5) is 4.39 Å². The van der Waals surface area contributed by atoms with Gasteiger partial charge in [-0.2, -0.15) is 0 Å². The van der Waals surface area contributed by atoms with Gasteiger partial charge in [-0.3, -0.25) is 0 Å². The molecule has 0 aliphatic rings. The molecule has 4 heteroatoms. The number of halogens is 1. The Morgan fingerprint density at radius 1 is 1.16 bits per heavy atom. The molecule has 2 aromatic rings. The summed E-state index contributed by atoms with van der Waals surface area (Å²) in [6, 6.07) is 11.6. The van der Waals surface area contributed by atoms with Crippen molar-refractivity contribution in [2.75, 3.05) is 7.11 Å². The van der Waals surface area contributed by atoms with Crippen LogP contribution in [0, 0.1) is 5.82 Å². The summed E-state index contributed by atoms with van der Waals surface area (Å²) in [6.07, 6.45) is 0. The van der Waals surface area contributed by atoms with Gasteiger partial charge in [0.2, 0.25) is 0 Å². The third-order valence-corrected chi connectivity index (χ3v) is 2.70. The van der Waals surface area contributed by atoms with Crippen molar-refractivity contribution in [3.8, 4) is 11.5 Å². The Hall–Kier alpha value is -2.07. The molecule has 2 aromatic carbocycles. The fourth-order valence-corrected chi connectivity index (χ4v) is 1.78. The summed E-state index contributed by atoms with van der Waals surface area (Å²) in [7, 11) is 1.59. The number of hydrogen-bond donors (Lipinski definition) is 1. The monoisotopic (exact) mass is 262 g/mol. The Balaban J connectivity index is 2.12. The molecule has 0 saturated carbocycles. The molecule has 100 valence electrons. The fourth-order valence-electron chi connectivity index (χ4n) is 1.78.